The van der Waals surface area contributed by atoms with Gasteiger partial charge in [-0.25, -0.2) is 0 Å². The second-order valence-corrected chi connectivity index (χ2v) is 3.38. The molecule has 0 radical (unpaired) electrons. The van der Waals surface area contributed by atoms with E-state index in [-0.39, 0.29) is 6.42 Å². The average Bonchev–Trinajstić information content (AvgIpc) is 1.84. The zero-order chi connectivity index (χ0) is 9.78. The molecule has 72 valence electrons. The second-order valence-electron chi connectivity index (χ2n) is 3.38. The van der Waals surface area contributed by atoms with Crippen LogP contribution >= 0.6 is 0 Å². The molecule has 0 aromatic heterocycles. The summed E-state index contributed by atoms with van der Waals surface area (Å²) in [5, 5.41) is 9.32. The second kappa shape index (κ2) is 4.42. The van der Waals surface area contributed by atoms with Gasteiger partial charge in [-0.1, -0.05) is 0 Å². The van der Waals surface area contributed by atoms with Crippen molar-refractivity contribution in [2.45, 2.75) is 38.8 Å². The van der Waals surface area contributed by atoms with Gasteiger partial charge in [0.15, 0.2) is 0 Å². The molecule has 0 amide bonds. The van der Waals surface area contributed by atoms with E-state index in [4.69, 9.17) is 5.73 Å². The molecule has 0 aliphatic carbocycles. The summed E-state index contributed by atoms with van der Waals surface area (Å²) in [7, 11) is 0. The van der Waals surface area contributed by atoms with E-state index in [2.05, 4.69) is 4.74 Å². The highest BCUT2D eigenvalue weighted by Crippen LogP contribution is 2.09. The first-order chi connectivity index (χ1) is 5.37. The number of hydrogen-bond donors (Lipinski definition) is 2. The number of nitrogens with two attached hydrogens (primary N) is 1. The summed E-state index contributed by atoms with van der Waals surface area (Å²) in [5.41, 5.74) is 4.53. The maximum absolute atomic E-state index is 11.0. The van der Waals surface area contributed by atoms with Crippen molar-refractivity contribution in [3.8, 4) is 0 Å². The van der Waals surface area contributed by atoms with Gasteiger partial charge in [0.25, 0.3) is 0 Å². The van der Waals surface area contributed by atoms with Crippen LogP contribution in [0.1, 0.15) is 27.2 Å². The molecule has 0 heterocycles. The molecule has 1 atom stereocenters. The number of carbonyl (C=O) groups is 1. The maximum Gasteiger partial charge on any atom is 0.323 e. The van der Waals surface area contributed by atoms with Crippen LogP contribution in [0.5, 0.6) is 0 Å². The molecular weight excluding hydrogens is 158 g/mol. The van der Waals surface area contributed by atoms with Gasteiger partial charge < -0.3 is 15.6 Å². The third kappa shape index (κ3) is 5.09. The van der Waals surface area contributed by atoms with Gasteiger partial charge >= 0.3 is 5.97 Å². The summed E-state index contributed by atoms with van der Waals surface area (Å²) in [6.45, 7) is 5.24. The summed E-state index contributed by atoms with van der Waals surface area (Å²) in [6.07, 6.45) is 0.214. The van der Waals surface area contributed by atoms with Crippen LogP contribution in [0.25, 0.3) is 0 Å². The van der Waals surface area contributed by atoms with Crippen molar-refractivity contribution in [2.24, 2.45) is 5.73 Å². The zero-order valence-corrected chi connectivity index (χ0v) is 7.83. The van der Waals surface area contributed by atoms with Crippen LogP contribution in [-0.2, 0) is 9.53 Å². The summed E-state index contributed by atoms with van der Waals surface area (Å²) < 4.78 is 4.67. The quantitative estimate of drug-likeness (QED) is 0.592. The fourth-order valence-electron chi connectivity index (χ4n) is 0.871. The van der Waals surface area contributed by atoms with Gasteiger partial charge in [0, 0.05) is 6.42 Å². The van der Waals surface area contributed by atoms with E-state index in [1.54, 1.807) is 20.8 Å². The molecule has 4 nitrogen and oxygen atoms in total. The maximum atomic E-state index is 11.0. The Hall–Kier alpha value is -0.610. The SMILES string of the molecule is CCOC(=O)C(N)CC(C)(C)O. The first kappa shape index (κ1) is 11.4. The Balaban J connectivity index is 3.87. The van der Waals surface area contributed by atoms with E-state index in [1.165, 1.54) is 0 Å². The minimum atomic E-state index is -0.924. The monoisotopic (exact) mass is 175 g/mol. The lowest BCUT2D eigenvalue weighted by atomic mass is 10.00. The van der Waals surface area contributed by atoms with E-state index in [1.807, 2.05) is 0 Å². The molecule has 0 saturated carbocycles. The molecule has 3 N–H and O–H groups in total. The summed E-state index contributed by atoms with van der Waals surface area (Å²) in [5.74, 6) is -0.459. The third-order valence-corrected chi connectivity index (χ3v) is 1.31. The van der Waals surface area contributed by atoms with Crippen molar-refractivity contribution in [1.82, 2.24) is 0 Å². The third-order valence-electron chi connectivity index (χ3n) is 1.31. The fraction of sp³-hybridized carbons (Fsp3) is 0.875. The molecule has 1 unspecified atom stereocenters. The van der Waals surface area contributed by atoms with Crippen molar-refractivity contribution in [2.75, 3.05) is 6.61 Å². The predicted molar refractivity (Wildman–Crippen MR) is 45.5 cm³/mol. The Morgan fingerprint density at radius 2 is 2.17 bits per heavy atom. The van der Waals surface area contributed by atoms with Gasteiger partial charge in [0.2, 0.25) is 0 Å². The molecule has 0 aromatic carbocycles. The van der Waals surface area contributed by atoms with Crippen LogP contribution in [-0.4, -0.2) is 29.3 Å². The van der Waals surface area contributed by atoms with Crippen molar-refractivity contribution < 1.29 is 14.6 Å². The lowest BCUT2D eigenvalue weighted by molar-refractivity contribution is -0.146. The summed E-state index contributed by atoms with van der Waals surface area (Å²) >= 11 is 0. The molecule has 0 rings (SSSR count). The Kier molecular flexibility index (Phi) is 4.20. The first-order valence-corrected chi connectivity index (χ1v) is 4.01. The van der Waals surface area contributed by atoms with Crippen LogP contribution in [0, 0.1) is 0 Å². The van der Waals surface area contributed by atoms with Crippen LogP contribution in [0.3, 0.4) is 0 Å². The predicted octanol–water partition coefficient (Wildman–Crippen LogP) is 0.0378. The lowest BCUT2D eigenvalue weighted by Gasteiger charge is -2.20. The highest BCUT2D eigenvalue weighted by Gasteiger charge is 2.23. The Bertz CT molecular complexity index is 151. The summed E-state index contributed by atoms with van der Waals surface area (Å²) in [6, 6.07) is -0.732. The number of ether oxygens (including phenoxy) is 1. The van der Waals surface area contributed by atoms with Crippen molar-refractivity contribution in [1.29, 1.82) is 0 Å². The first-order valence-electron chi connectivity index (χ1n) is 4.01. The number of esters is 1. The van der Waals surface area contributed by atoms with E-state index >= 15 is 0 Å². The average molecular weight is 175 g/mol. The summed E-state index contributed by atoms with van der Waals surface area (Å²) in [4.78, 5) is 11.0. The van der Waals surface area contributed by atoms with Gasteiger partial charge in [-0.05, 0) is 20.8 Å². The molecule has 0 spiro atoms. The fourth-order valence-corrected chi connectivity index (χ4v) is 0.871. The Labute approximate surface area is 72.7 Å². The van der Waals surface area contributed by atoms with Crippen LogP contribution in [0.2, 0.25) is 0 Å². The highest BCUT2D eigenvalue weighted by atomic mass is 16.5. The molecule has 4 heteroatoms. The van der Waals surface area contributed by atoms with E-state index in [0.29, 0.717) is 6.61 Å². The Morgan fingerprint density at radius 3 is 2.50 bits per heavy atom. The standard InChI is InChI=1S/C8H17NO3/c1-4-12-7(10)6(9)5-8(2,3)11/h6,11H,4-5,9H2,1-3H3. The molecule has 0 aliphatic heterocycles. The lowest BCUT2D eigenvalue weighted by Crippen LogP contribution is -2.39. The van der Waals surface area contributed by atoms with Gasteiger partial charge in [-0.3, -0.25) is 4.79 Å². The van der Waals surface area contributed by atoms with Crippen LogP contribution < -0.4 is 5.73 Å². The van der Waals surface area contributed by atoms with E-state index in [9.17, 15) is 9.90 Å². The Morgan fingerprint density at radius 1 is 1.67 bits per heavy atom. The molecule has 0 fully saturated rings. The van der Waals surface area contributed by atoms with Gasteiger partial charge in [-0.2, -0.15) is 0 Å². The number of rotatable bonds is 4. The van der Waals surface area contributed by atoms with Crippen molar-refractivity contribution in [3.05, 3.63) is 0 Å². The van der Waals surface area contributed by atoms with Crippen LogP contribution in [0.15, 0.2) is 0 Å². The molecule has 0 aromatic rings. The minimum absolute atomic E-state index is 0.214. The normalized spacial score (nSPS) is 14.1. The molecule has 0 bridgehead atoms. The zero-order valence-electron chi connectivity index (χ0n) is 7.83. The highest BCUT2D eigenvalue weighted by molar-refractivity contribution is 5.75. The van der Waals surface area contributed by atoms with Crippen molar-refractivity contribution in [3.63, 3.8) is 0 Å². The molecule has 12 heavy (non-hydrogen) atoms. The van der Waals surface area contributed by atoms with Crippen molar-refractivity contribution >= 4 is 5.97 Å². The largest absolute Gasteiger partial charge is 0.465 e. The van der Waals surface area contributed by atoms with E-state index < -0.39 is 17.6 Å². The van der Waals surface area contributed by atoms with E-state index in [0.717, 1.165) is 0 Å². The smallest absolute Gasteiger partial charge is 0.323 e. The minimum Gasteiger partial charge on any atom is -0.465 e. The molecule has 0 aliphatic rings. The molecule has 0 saturated heterocycles. The number of aliphatic hydroxyl groups is 1. The van der Waals surface area contributed by atoms with Gasteiger partial charge in [0.05, 0.1) is 12.2 Å². The number of carbonyl (C=O) groups excluding carboxylic acids is 1. The van der Waals surface area contributed by atoms with Crippen LogP contribution in [0.4, 0.5) is 0 Å². The topological polar surface area (TPSA) is 72.5 Å². The van der Waals surface area contributed by atoms with Gasteiger partial charge in [0.1, 0.15) is 6.04 Å². The molecular formula is C8H17NO3. The van der Waals surface area contributed by atoms with Gasteiger partial charge in [-0.15, -0.1) is 0 Å². The number of hydrogen-bond acceptors (Lipinski definition) is 4.